The molecular formula is C18H19ClN4OS. The minimum absolute atomic E-state index is 0.0674. The van der Waals surface area contributed by atoms with Crippen LogP contribution in [0.25, 0.3) is 10.2 Å². The first-order valence-corrected chi connectivity index (χ1v) is 9.47. The van der Waals surface area contributed by atoms with Crippen LogP contribution in [0.15, 0.2) is 30.3 Å². The predicted octanol–water partition coefficient (Wildman–Crippen LogP) is 3.28. The Morgan fingerprint density at radius 1 is 1.44 bits per heavy atom. The van der Waals surface area contributed by atoms with E-state index in [-0.39, 0.29) is 11.9 Å². The highest BCUT2D eigenvalue weighted by molar-refractivity contribution is 7.20. The highest BCUT2D eigenvalue weighted by Gasteiger charge is 2.26. The molecule has 0 saturated carbocycles. The lowest BCUT2D eigenvalue weighted by Crippen LogP contribution is -2.31. The second kappa shape index (κ2) is 6.44. The number of amides is 1. The van der Waals surface area contributed by atoms with Crippen molar-refractivity contribution in [1.29, 1.82) is 0 Å². The van der Waals surface area contributed by atoms with Crippen LogP contribution in [0.1, 0.15) is 27.3 Å². The number of benzene rings is 1. The molecule has 3 aromatic rings. The molecule has 0 spiro atoms. The van der Waals surface area contributed by atoms with Crippen molar-refractivity contribution in [2.45, 2.75) is 25.9 Å². The third-order valence-electron chi connectivity index (χ3n) is 4.61. The van der Waals surface area contributed by atoms with Crippen LogP contribution in [-0.4, -0.2) is 39.7 Å². The van der Waals surface area contributed by atoms with E-state index in [1.54, 1.807) is 0 Å². The molecule has 1 saturated heterocycles. The molecule has 1 atom stereocenters. The van der Waals surface area contributed by atoms with Crippen LogP contribution in [0.4, 0.5) is 0 Å². The van der Waals surface area contributed by atoms with Crippen molar-refractivity contribution in [2.24, 2.45) is 5.73 Å². The minimum atomic E-state index is 0.0674. The first kappa shape index (κ1) is 16.6. The molecule has 4 rings (SSSR count). The van der Waals surface area contributed by atoms with E-state index in [4.69, 9.17) is 17.3 Å². The number of nitrogens with zero attached hydrogens (tertiary/aromatic N) is 3. The standard InChI is InChI=1S/C18H19ClN4OS/c1-11-14-8-16(17(24)22-7-6-13(20)10-22)25-18(14)23(21-11)9-12-4-2-3-5-15(12)19/h2-5,8,13H,6-7,9-10,20H2,1H3/t13-/m1/s1. The Labute approximate surface area is 155 Å². The average Bonchev–Trinajstić information content (AvgIpc) is 3.27. The molecule has 5 nitrogen and oxygen atoms in total. The number of thiophene rings is 1. The van der Waals surface area contributed by atoms with Gasteiger partial charge in [0.15, 0.2) is 0 Å². The van der Waals surface area contributed by atoms with Gasteiger partial charge in [0, 0.05) is 29.5 Å². The fraction of sp³-hybridized carbons (Fsp3) is 0.333. The third kappa shape index (κ3) is 3.05. The Bertz CT molecular complexity index is 948. The number of likely N-dealkylation sites (tertiary alicyclic amines) is 1. The number of rotatable bonds is 3. The van der Waals surface area contributed by atoms with Crippen LogP contribution in [-0.2, 0) is 6.54 Å². The molecule has 0 radical (unpaired) electrons. The van der Waals surface area contributed by atoms with E-state index in [1.165, 1.54) is 11.3 Å². The molecule has 0 bridgehead atoms. The zero-order valence-corrected chi connectivity index (χ0v) is 15.5. The molecule has 2 N–H and O–H groups in total. The highest BCUT2D eigenvalue weighted by Crippen LogP contribution is 2.31. The van der Waals surface area contributed by atoms with Crippen LogP contribution < -0.4 is 5.73 Å². The average molecular weight is 375 g/mol. The van der Waals surface area contributed by atoms with Crippen LogP contribution in [0.2, 0.25) is 5.02 Å². The van der Waals surface area contributed by atoms with Crippen LogP contribution in [0.3, 0.4) is 0 Å². The second-order valence-electron chi connectivity index (χ2n) is 6.46. The molecule has 130 valence electrons. The summed E-state index contributed by atoms with van der Waals surface area (Å²) < 4.78 is 1.93. The topological polar surface area (TPSA) is 64.2 Å². The summed E-state index contributed by atoms with van der Waals surface area (Å²) in [7, 11) is 0. The van der Waals surface area contributed by atoms with Gasteiger partial charge in [0.05, 0.1) is 17.1 Å². The van der Waals surface area contributed by atoms with Crippen molar-refractivity contribution in [2.75, 3.05) is 13.1 Å². The molecule has 3 heterocycles. The van der Waals surface area contributed by atoms with Gasteiger partial charge in [-0.05, 0) is 31.0 Å². The summed E-state index contributed by atoms with van der Waals surface area (Å²) in [4.78, 5) is 16.3. The lowest BCUT2D eigenvalue weighted by molar-refractivity contribution is 0.0795. The van der Waals surface area contributed by atoms with Crippen molar-refractivity contribution >= 4 is 39.1 Å². The van der Waals surface area contributed by atoms with Gasteiger partial charge in [-0.25, -0.2) is 0 Å². The normalized spacial score (nSPS) is 17.6. The van der Waals surface area contributed by atoms with Gasteiger partial charge in [0.2, 0.25) is 0 Å². The summed E-state index contributed by atoms with van der Waals surface area (Å²) in [5.74, 6) is 0.0674. The van der Waals surface area contributed by atoms with E-state index in [0.717, 1.165) is 44.3 Å². The Morgan fingerprint density at radius 2 is 2.24 bits per heavy atom. The smallest absolute Gasteiger partial charge is 0.264 e. The Balaban J connectivity index is 1.67. The summed E-state index contributed by atoms with van der Waals surface area (Å²) >= 11 is 7.77. The van der Waals surface area contributed by atoms with Crippen molar-refractivity contribution in [3.8, 4) is 0 Å². The van der Waals surface area contributed by atoms with Gasteiger partial charge in [-0.2, -0.15) is 5.10 Å². The summed E-state index contributed by atoms with van der Waals surface area (Å²) in [5.41, 5.74) is 7.87. The summed E-state index contributed by atoms with van der Waals surface area (Å²) in [6.07, 6.45) is 0.871. The fourth-order valence-corrected chi connectivity index (χ4v) is 4.57. The van der Waals surface area contributed by atoms with E-state index in [2.05, 4.69) is 5.10 Å². The lowest BCUT2D eigenvalue weighted by Gasteiger charge is -2.14. The molecule has 1 amide bonds. The number of hydrogen-bond acceptors (Lipinski definition) is 4. The number of fused-ring (bicyclic) bond motifs is 1. The summed E-state index contributed by atoms with van der Waals surface area (Å²) in [6, 6.07) is 9.81. The molecule has 7 heteroatoms. The number of hydrogen-bond donors (Lipinski definition) is 1. The van der Waals surface area contributed by atoms with Gasteiger partial charge in [-0.1, -0.05) is 29.8 Å². The van der Waals surface area contributed by atoms with Gasteiger partial charge in [0.25, 0.3) is 5.91 Å². The first-order valence-electron chi connectivity index (χ1n) is 8.28. The molecule has 1 aliphatic heterocycles. The molecule has 2 aromatic heterocycles. The summed E-state index contributed by atoms with van der Waals surface area (Å²) in [6.45, 7) is 3.93. The number of halogens is 1. The van der Waals surface area contributed by atoms with E-state index >= 15 is 0 Å². The van der Waals surface area contributed by atoms with Crippen molar-refractivity contribution < 1.29 is 4.79 Å². The zero-order valence-electron chi connectivity index (χ0n) is 13.9. The van der Waals surface area contributed by atoms with E-state index in [1.807, 2.05) is 46.8 Å². The highest BCUT2D eigenvalue weighted by atomic mass is 35.5. The fourth-order valence-electron chi connectivity index (χ4n) is 3.24. The molecule has 1 aromatic carbocycles. The zero-order chi connectivity index (χ0) is 17.6. The third-order valence-corrected chi connectivity index (χ3v) is 6.11. The van der Waals surface area contributed by atoms with Crippen LogP contribution in [0, 0.1) is 6.92 Å². The number of carbonyl (C=O) groups excluding carboxylic acids is 1. The molecule has 25 heavy (non-hydrogen) atoms. The van der Waals surface area contributed by atoms with Crippen molar-refractivity contribution in [3.63, 3.8) is 0 Å². The van der Waals surface area contributed by atoms with E-state index < -0.39 is 0 Å². The monoisotopic (exact) mass is 374 g/mol. The van der Waals surface area contributed by atoms with E-state index in [9.17, 15) is 4.79 Å². The molecule has 1 fully saturated rings. The van der Waals surface area contributed by atoms with Gasteiger partial charge in [-0.15, -0.1) is 11.3 Å². The van der Waals surface area contributed by atoms with Gasteiger partial charge in [0.1, 0.15) is 4.83 Å². The first-order chi connectivity index (χ1) is 12.0. The molecule has 1 aliphatic rings. The number of nitrogens with two attached hydrogens (primary N) is 1. The quantitative estimate of drug-likeness (QED) is 0.765. The SMILES string of the molecule is Cc1nn(Cc2ccccc2Cl)c2sc(C(=O)N3CC[C@@H](N)C3)cc12. The Morgan fingerprint density at radius 3 is 2.96 bits per heavy atom. The predicted molar refractivity (Wildman–Crippen MR) is 101 cm³/mol. The second-order valence-corrected chi connectivity index (χ2v) is 7.90. The maximum absolute atomic E-state index is 12.7. The maximum atomic E-state index is 12.7. The van der Waals surface area contributed by atoms with Crippen LogP contribution >= 0.6 is 22.9 Å². The lowest BCUT2D eigenvalue weighted by atomic mass is 10.2. The van der Waals surface area contributed by atoms with E-state index in [0.29, 0.717) is 13.1 Å². The minimum Gasteiger partial charge on any atom is -0.336 e. The maximum Gasteiger partial charge on any atom is 0.264 e. The summed E-state index contributed by atoms with van der Waals surface area (Å²) in [5, 5.41) is 6.38. The number of carbonyl (C=O) groups is 1. The molecular weight excluding hydrogens is 356 g/mol. The van der Waals surface area contributed by atoms with Gasteiger partial charge >= 0.3 is 0 Å². The van der Waals surface area contributed by atoms with Gasteiger partial charge < -0.3 is 10.6 Å². The molecule has 0 aliphatic carbocycles. The number of aromatic nitrogens is 2. The largest absolute Gasteiger partial charge is 0.336 e. The van der Waals surface area contributed by atoms with Gasteiger partial charge in [-0.3, -0.25) is 9.48 Å². The van der Waals surface area contributed by atoms with Crippen molar-refractivity contribution in [3.05, 3.63) is 51.5 Å². The Hall–Kier alpha value is -1.89. The number of aryl methyl sites for hydroxylation is 1. The van der Waals surface area contributed by atoms with Crippen LogP contribution in [0.5, 0.6) is 0 Å². The van der Waals surface area contributed by atoms with Crippen molar-refractivity contribution in [1.82, 2.24) is 14.7 Å². The molecule has 0 unspecified atom stereocenters. The Kier molecular flexibility index (Phi) is 4.27.